The molecule has 0 unspecified atom stereocenters. The van der Waals surface area contributed by atoms with Gasteiger partial charge in [-0.1, -0.05) is 55.8 Å². The van der Waals surface area contributed by atoms with Gasteiger partial charge in [0.15, 0.2) is 0 Å². The van der Waals surface area contributed by atoms with Gasteiger partial charge in [-0.15, -0.1) is 0 Å². The third-order valence-corrected chi connectivity index (χ3v) is 8.90. The maximum Gasteiger partial charge on any atom is 0.416 e. The minimum Gasteiger partial charge on any atom is -0.352 e. The van der Waals surface area contributed by atoms with E-state index in [0.29, 0.717) is 28.4 Å². The van der Waals surface area contributed by atoms with Crippen LogP contribution in [0, 0.1) is 5.82 Å². The maximum atomic E-state index is 14.0. The first-order chi connectivity index (χ1) is 20.2. The Bertz CT molecular complexity index is 1520. The lowest BCUT2D eigenvalue weighted by atomic mass is 10.1. The molecule has 0 bridgehead atoms. The number of sulfonamides is 1. The van der Waals surface area contributed by atoms with Crippen LogP contribution in [0.3, 0.4) is 0 Å². The molecular formula is C30H32ClF4N3O4S. The topological polar surface area (TPSA) is 86.8 Å². The Hall–Kier alpha value is -3.64. The van der Waals surface area contributed by atoms with Gasteiger partial charge < -0.3 is 10.2 Å². The van der Waals surface area contributed by atoms with Gasteiger partial charge in [0.2, 0.25) is 11.8 Å². The second-order valence-corrected chi connectivity index (χ2v) is 12.1. The molecule has 0 aliphatic heterocycles. The highest BCUT2D eigenvalue weighted by Crippen LogP contribution is 2.37. The van der Waals surface area contributed by atoms with Gasteiger partial charge in [0, 0.05) is 12.6 Å². The van der Waals surface area contributed by atoms with Crippen LogP contribution in [0.15, 0.2) is 77.7 Å². The van der Waals surface area contributed by atoms with Gasteiger partial charge in [0.1, 0.15) is 18.4 Å². The number of benzene rings is 3. The number of halogens is 5. The van der Waals surface area contributed by atoms with Crippen molar-refractivity contribution >= 4 is 39.1 Å². The van der Waals surface area contributed by atoms with Gasteiger partial charge in [-0.3, -0.25) is 13.9 Å². The van der Waals surface area contributed by atoms with Crippen molar-refractivity contribution in [3.8, 4) is 0 Å². The van der Waals surface area contributed by atoms with Crippen LogP contribution in [0.1, 0.15) is 44.7 Å². The molecule has 0 radical (unpaired) electrons. The van der Waals surface area contributed by atoms with E-state index >= 15 is 0 Å². The molecule has 2 atom stereocenters. The summed E-state index contributed by atoms with van der Waals surface area (Å²) in [4.78, 5) is 28.2. The number of nitrogens with one attached hydrogen (secondary N) is 1. The average Bonchev–Trinajstić information content (AvgIpc) is 2.96. The van der Waals surface area contributed by atoms with Crippen molar-refractivity contribution in [1.29, 1.82) is 0 Å². The molecule has 0 aromatic heterocycles. The molecule has 0 saturated heterocycles. The van der Waals surface area contributed by atoms with E-state index in [1.807, 2.05) is 6.92 Å². The van der Waals surface area contributed by atoms with Crippen LogP contribution in [-0.4, -0.2) is 43.8 Å². The van der Waals surface area contributed by atoms with Crippen LogP contribution in [-0.2, 0) is 32.3 Å². The minimum atomic E-state index is -4.83. The predicted molar refractivity (Wildman–Crippen MR) is 156 cm³/mol. The number of alkyl halides is 3. The Balaban J connectivity index is 2.15. The van der Waals surface area contributed by atoms with Crippen LogP contribution in [0.2, 0.25) is 5.02 Å². The Kier molecular flexibility index (Phi) is 11.2. The molecule has 2 amide bonds. The summed E-state index contributed by atoms with van der Waals surface area (Å²) < 4.78 is 82.8. The van der Waals surface area contributed by atoms with Gasteiger partial charge in [-0.05, 0) is 67.8 Å². The molecule has 3 rings (SSSR count). The molecule has 0 heterocycles. The van der Waals surface area contributed by atoms with E-state index in [2.05, 4.69) is 5.32 Å². The average molecular weight is 642 g/mol. The summed E-state index contributed by atoms with van der Waals surface area (Å²) in [6.45, 7) is 4.11. The molecule has 3 aromatic rings. The fourth-order valence-corrected chi connectivity index (χ4v) is 5.98. The van der Waals surface area contributed by atoms with Crippen LogP contribution in [0.5, 0.6) is 0 Å². The Morgan fingerprint density at radius 2 is 1.58 bits per heavy atom. The molecule has 0 aliphatic carbocycles. The maximum absolute atomic E-state index is 14.0. The van der Waals surface area contributed by atoms with Crippen molar-refractivity contribution < 1.29 is 35.6 Å². The van der Waals surface area contributed by atoms with E-state index in [-0.39, 0.29) is 28.9 Å². The monoisotopic (exact) mass is 641 g/mol. The summed E-state index contributed by atoms with van der Waals surface area (Å²) in [7, 11) is -4.64. The first-order valence-electron chi connectivity index (χ1n) is 13.5. The summed E-state index contributed by atoms with van der Waals surface area (Å²) in [5.74, 6) is -1.91. The zero-order valence-electron chi connectivity index (χ0n) is 23.7. The number of carbonyl (C=O) groups excluding carboxylic acids is 2. The van der Waals surface area contributed by atoms with Crippen LogP contribution < -0.4 is 9.62 Å². The molecular weight excluding hydrogens is 610 g/mol. The summed E-state index contributed by atoms with van der Waals surface area (Å²) in [6.07, 6.45) is -4.10. The lowest BCUT2D eigenvalue weighted by Gasteiger charge is -2.34. The SMILES string of the molecule is CC[C@@H](C)NC(=O)[C@H](CC)N(Cc1ccc(F)cc1)C(=O)CN(c1cc(C(F)(F)F)ccc1Cl)S(=O)(=O)c1ccccc1. The highest BCUT2D eigenvalue weighted by Gasteiger charge is 2.37. The van der Waals surface area contributed by atoms with Crippen LogP contribution in [0.4, 0.5) is 23.2 Å². The van der Waals surface area contributed by atoms with E-state index in [1.165, 1.54) is 48.5 Å². The van der Waals surface area contributed by atoms with Gasteiger partial charge in [0.05, 0.1) is 21.2 Å². The lowest BCUT2D eigenvalue weighted by molar-refractivity contribution is -0.140. The van der Waals surface area contributed by atoms with Crippen molar-refractivity contribution in [3.05, 3.63) is 94.8 Å². The summed E-state index contributed by atoms with van der Waals surface area (Å²) in [5, 5.41) is 2.47. The summed E-state index contributed by atoms with van der Waals surface area (Å²) in [5.41, 5.74) is -1.29. The number of hydrogen-bond acceptors (Lipinski definition) is 4. The molecule has 13 heteroatoms. The predicted octanol–water partition coefficient (Wildman–Crippen LogP) is 6.42. The van der Waals surface area contributed by atoms with E-state index < -0.39 is 57.7 Å². The van der Waals surface area contributed by atoms with Crippen molar-refractivity contribution in [2.24, 2.45) is 0 Å². The van der Waals surface area contributed by atoms with Gasteiger partial charge in [-0.2, -0.15) is 13.2 Å². The normalized spacial score (nSPS) is 13.2. The summed E-state index contributed by atoms with van der Waals surface area (Å²) >= 11 is 6.26. The molecule has 7 nitrogen and oxygen atoms in total. The van der Waals surface area contributed by atoms with Crippen molar-refractivity contribution in [3.63, 3.8) is 0 Å². The molecule has 232 valence electrons. The molecule has 0 fully saturated rings. The van der Waals surface area contributed by atoms with E-state index in [4.69, 9.17) is 11.6 Å². The zero-order valence-corrected chi connectivity index (χ0v) is 25.3. The number of carbonyl (C=O) groups is 2. The lowest BCUT2D eigenvalue weighted by Crippen LogP contribution is -2.53. The Labute approximate surface area is 253 Å². The molecule has 0 spiro atoms. The Morgan fingerprint density at radius 1 is 0.953 bits per heavy atom. The van der Waals surface area contributed by atoms with Crippen LogP contribution in [0.25, 0.3) is 0 Å². The summed E-state index contributed by atoms with van der Waals surface area (Å²) in [6, 6.07) is 12.9. The zero-order chi connectivity index (χ0) is 31.9. The standard InChI is InChI=1S/C30H32ClF4N3O4S/c1-4-20(3)36-29(40)26(5-2)37(18-21-11-14-23(32)15-12-21)28(39)19-38(43(41,42)24-9-7-6-8-10-24)27-17-22(30(33,34)35)13-16-25(27)31/h6-17,20,26H,4-5,18-19H2,1-3H3,(H,36,40)/t20-,26+/m1/s1. The second kappa shape index (κ2) is 14.2. The van der Waals surface area contributed by atoms with Gasteiger partial charge in [-0.25, -0.2) is 12.8 Å². The van der Waals surface area contributed by atoms with Crippen LogP contribution >= 0.6 is 11.6 Å². The third-order valence-electron chi connectivity index (χ3n) is 6.81. The number of nitrogens with zero attached hydrogens (tertiary/aromatic N) is 2. The van der Waals surface area contributed by atoms with Gasteiger partial charge >= 0.3 is 6.18 Å². The minimum absolute atomic E-state index is 0.130. The first-order valence-corrected chi connectivity index (χ1v) is 15.3. The quantitative estimate of drug-likeness (QED) is 0.232. The van der Waals surface area contributed by atoms with Gasteiger partial charge in [0.25, 0.3) is 10.0 Å². The molecule has 1 N–H and O–H groups in total. The second-order valence-electron chi connectivity index (χ2n) is 9.88. The number of hydrogen-bond donors (Lipinski definition) is 1. The fraction of sp³-hybridized carbons (Fsp3) is 0.333. The highest BCUT2D eigenvalue weighted by atomic mass is 35.5. The molecule has 3 aromatic carbocycles. The molecule has 0 saturated carbocycles. The highest BCUT2D eigenvalue weighted by molar-refractivity contribution is 7.92. The van der Waals surface area contributed by atoms with Crippen molar-refractivity contribution in [2.45, 2.75) is 63.3 Å². The molecule has 0 aliphatic rings. The van der Waals surface area contributed by atoms with Crippen molar-refractivity contribution in [2.75, 3.05) is 10.8 Å². The molecule has 43 heavy (non-hydrogen) atoms. The third kappa shape index (κ3) is 8.47. The van der Waals surface area contributed by atoms with E-state index in [0.717, 1.165) is 11.0 Å². The van der Waals surface area contributed by atoms with E-state index in [9.17, 15) is 35.6 Å². The van der Waals surface area contributed by atoms with Crippen molar-refractivity contribution in [1.82, 2.24) is 10.2 Å². The van der Waals surface area contributed by atoms with E-state index in [1.54, 1.807) is 19.9 Å². The largest absolute Gasteiger partial charge is 0.416 e. The first kappa shape index (κ1) is 33.9. The fourth-order valence-electron chi connectivity index (χ4n) is 4.26. The number of anilines is 1. The Morgan fingerprint density at radius 3 is 2.14 bits per heavy atom. The number of rotatable bonds is 12. The number of amides is 2. The smallest absolute Gasteiger partial charge is 0.352 e.